The Morgan fingerprint density at radius 3 is 2.60 bits per heavy atom. The number of benzene rings is 2. The number of nitrogens with zero attached hydrogens (tertiary/aromatic N) is 1. The molecule has 9 heteroatoms. The zero-order valence-electron chi connectivity index (χ0n) is 12.7. The molecule has 0 heterocycles. The number of halogens is 2. The first-order valence-electron chi connectivity index (χ1n) is 6.99. The predicted octanol–water partition coefficient (Wildman–Crippen LogP) is 3.37. The van der Waals surface area contributed by atoms with Gasteiger partial charge in [0, 0.05) is 17.6 Å². The van der Waals surface area contributed by atoms with Gasteiger partial charge in [-0.05, 0) is 29.8 Å². The maximum absolute atomic E-state index is 11.9. The third-order valence-corrected chi connectivity index (χ3v) is 3.65. The van der Waals surface area contributed by atoms with Crippen LogP contribution < -0.4 is 5.32 Å². The molecule has 0 fully saturated rings. The molecule has 2 rings (SSSR count). The minimum atomic E-state index is -0.863. The first kappa shape index (κ1) is 18.7. The first-order valence-corrected chi connectivity index (χ1v) is 7.74. The molecule has 0 aromatic heterocycles. The molecule has 0 spiro atoms. The Kier molecular flexibility index (Phi) is 6.32. The van der Waals surface area contributed by atoms with Crippen molar-refractivity contribution in [2.75, 3.05) is 6.61 Å². The van der Waals surface area contributed by atoms with Crippen LogP contribution in [0.5, 0.6) is 0 Å². The number of hydrogen-bond acceptors (Lipinski definition) is 5. The highest BCUT2D eigenvalue weighted by molar-refractivity contribution is 6.32. The molecule has 0 saturated carbocycles. The molecule has 0 saturated heterocycles. The summed E-state index contributed by atoms with van der Waals surface area (Å²) < 4.78 is 4.83. The zero-order valence-corrected chi connectivity index (χ0v) is 14.2. The Morgan fingerprint density at radius 2 is 1.92 bits per heavy atom. The number of ether oxygens (including phenoxy) is 1. The number of carbonyl (C=O) groups excluding carboxylic acids is 2. The van der Waals surface area contributed by atoms with E-state index < -0.39 is 29.1 Å². The summed E-state index contributed by atoms with van der Waals surface area (Å²) in [4.78, 5) is 33.7. The van der Waals surface area contributed by atoms with Gasteiger partial charge in [0.05, 0.1) is 10.5 Å². The van der Waals surface area contributed by atoms with E-state index >= 15 is 0 Å². The Balaban J connectivity index is 1.88. The monoisotopic (exact) mass is 382 g/mol. The Morgan fingerprint density at radius 1 is 1.16 bits per heavy atom. The normalized spacial score (nSPS) is 10.2. The van der Waals surface area contributed by atoms with Gasteiger partial charge in [0.1, 0.15) is 5.02 Å². The quantitative estimate of drug-likeness (QED) is 0.469. The minimum Gasteiger partial charge on any atom is -0.452 e. The SMILES string of the molecule is O=C(COC(=O)c1ccc(Cl)c([N+](=O)[O-])c1)NCc1cccc(Cl)c1. The van der Waals surface area contributed by atoms with Crippen molar-refractivity contribution < 1.29 is 19.2 Å². The Hall–Kier alpha value is -2.64. The molecule has 0 unspecified atom stereocenters. The lowest BCUT2D eigenvalue weighted by Crippen LogP contribution is -2.28. The summed E-state index contributed by atoms with van der Waals surface area (Å²) >= 11 is 11.5. The summed E-state index contributed by atoms with van der Waals surface area (Å²) in [6, 6.07) is 10.4. The van der Waals surface area contributed by atoms with E-state index in [1.54, 1.807) is 24.3 Å². The molecular formula is C16H12Cl2N2O5. The van der Waals surface area contributed by atoms with Crippen LogP contribution >= 0.6 is 23.2 Å². The topological polar surface area (TPSA) is 98.5 Å². The van der Waals surface area contributed by atoms with Gasteiger partial charge in [-0.2, -0.15) is 0 Å². The van der Waals surface area contributed by atoms with Gasteiger partial charge in [0.25, 0.3) is 11.6 Å². The van der Waals surface area contributed by atoms with E-state index in [2.05, 4.69) is 5.32 Å². The minimum absolute atomic E-state index is 0.0706. The zero-order chi connectivity index (χ0) is 18.4. The second kappa shape index (κ2) is 8.46. The Labute approximate surface area is 152 Å². The summed E-state index contributed by atoms with van der Waals surface area (Å²) in [6.45, 7) is -0.292. The lowest BCUT2D eigenvalue weighted by Gasteiger charge is -2.07. The van der Waals surface area contributed by atoms with E-state index in [0.29, 0.717) is 5.02 Å². The van der Waals surface area contributed by atoms with Gasteiger partial charge in [-0.3, -0.25) is 14.9 Å². The highest BCUT2D eigenvalue weighted by Crippen LogP contribution is 2.25. The van der Waals surface area contributed by atoms with Crippen LogP contribution in [0.1, 0.15) is 15.9 Å². The van der Waals surface area contributed by atoms with Gasteiger partial charge in [0.15, 0.2) is 6.61 Å². The van der Waals surface area contributed by atoms with Crippen LogP contribution in [0.25, 0.3) is 0 Å². The number of carbonyl (C=O) groups is 2. The van der Waals surface area contributed by atoms with Crippen molar-refractivity contribution in [1.29, 1.82) is 0 Å². The van der Waals surface area contributed by atoms with Crippen molar-refractivity contribution in [3.05, 3.63) is 73.8 Å². The number of rotatable bonds is 6. The molecule has 0 bridgehead atoms. The van der Waals surface area contributed by atoms with Gasteiger partial charge in [-0.15, -0.1) is 0 Å². The number of hydrogen-bond donors (Lipinski definition) is 1. The van der Waals surface area contributed by atoms with Crippen molar-refractivity contribution in [1.82, 2.24) is 5.32 Å². The average molecular weight is 383 g/mol. The molecule has 0 atom stereocenters. The standard InChI is InChI=1S/C16H12Cl2N2O5/c17-12-3-1-2-10(6-12)8-19-15(21)9-25-16(22)11-4-5-13(18)14(7-11)20(23)24/h1-7H,8-9H2,(H,19,21). The van der Waals surface area contributed by atoms with Crippen molar-refractivity contribution in [3.63, 3.8) is 0 Å². The number of amides is 1. The maximum Gasteiger partial charge on any atom is 0.338 e. The van der Waals surface area contributed by atoms with E-state index in [0.717, 1.165) is 11.6 Å². The molecule has 25 heavy (non-hydrogen) atoms. The Bertz CT molecular complexity index is 826. The van der Waals surface area contributed by atoms with Crippen molar-refractivity contribution in [2.24, 2.45) is 0 Å². The highest BCUT2D eigenvalue weighted by atomic mass is 35.5. The van der Waals surface area contributed by atoms with Crippen LogP contribution in [0.2, 0.25) is 10.0 Å². The smallest absolute Gasteiger partial charge is 0.338 e. The van der Waals surface area contributed by atoms with E-state index in [1.807, 2.05) is 0 Å². The fraction of sp³-hybridized carbons (Fsp3) is 0.125. The lowest BCUT2D eigenvalue weighted by molar-refractivity contribution is -0.384. The number of nitro groups is 1. The second-order valence-corrected chi connectivity index (χ2v) is 5.75. The van der Waals surface area contributed by atoms with Crippen LogP contribution in [-0.2, 0) is 16.1 Å². The first-order chi connectivity index (χ1) is 11.9. The van der Waals surface area contributed by atoms with Crippen LogP contribution in [0.4, 0.5) is 5.69 Å². The molecule has 1 N–H and O–H groups in total. The molecule has 130 valence electrons. The summed E-state index contributed by atoms with van der Waals surface area (Å²) in [5.74, 6) is -1.38. The van der Waals surface area contributed by atoms with E-state index in [1.165, 1.54) is 12.1 Å². The van der Waals surface area contributed by atoms with Crippen molar-refractivity contribution in [3.8, 4) is 0 Å². The number of esters is 1. The molecule has 7 nitrogen and oxygen atoms in total. The summed E-state index contributed by atoms with van der Waals surface area (Å²) in [5, 5.41) is 13.8. The average Bonchev–Trinajstić information content (AvgIpc) is 2.58. The second-order valence-electron chi connectivity index (χ2n) is 4.91. The van der Waals surface area contributed by atoms with Gasteiger partial charge in [-0.1, -0.05) is 35.3 Å². The van der Waals surface area contributed by atoms with E-state index in [-0.39, 0.29) is 17.1 Å². The predicted molar refractivity (Wildman–Crippen MR) is 91.7 cm³/mol. The van der Waals surface area contributed by atoms with Crippen LogP contribution in [-0.4, -0.2) is 23.4 Å². The van der Waals surface area contributed by atoms with Gasteiger partial charge in [0.2, 0.25) is 0 Å². The maximum atomic E-state index is 11.9. The highest BCUT2D eigenvalue weighted by Gasteiger charge is 2.17. The lowest BCUT2D eigenvalue weighted by atomic mass is 10.2. The molecule has 1 amide bonds. The molecule has 2 aromatic rings. The summed E-state index contributed by atoms with van der Waals surface area (Å²) in [7, 11) is 0. The van der Waals surface area contributed by atoms with Gasteiger partial charge >= 0.3 is 5.97 Å². The fourth-order valence-electron chi connectivity index (χ4n) is 1.89. The van der Waals surface area contributed by atoms with E-state index in [4.69, 9.17) is 27.9 Å². The number of nitro benzene ring substituents is 1. The largest absolute Gasteiger partial charge is 0.452 e. The van der Waals surface area contributed by atoms with Crippen molar-refractivity contribution >= 4 is 40.8 Å². The molecule has 0 aliphatic heterocycles. The van der Waals surface area contributed by atoms with E-state index in [9.17, 15) is 19.7 Å². The van der Waals surface area contributed by atoms with Crippen LogP contribution in [0, 0.1) is 10.1 Å². The molecular weight excluding hydrogens is 371 g/mol. The molecule has 0 aliphatic carbocycles. The van der Waals surface area contributed by atoms with Crippen LogP contribution in [0.15, 0.2) is 42.5 Å². The third kappa shape index (κ3) is 5.44. The fourth-order valence-corrected chi connectivity index (χ4v) is 2.29. The van der Waals surface area contributed by atoms with Gasteiger partial charge < -0.3 is 10.1 Å². The summed E-state index contributed by atoms with van der Waals surface area (Å²) in [6.07, 6.45) is 0. The van der Waals surface area contributed by atoms with Gasteiger partial charge in [-0.25, -0.2) is 4.79 Å². The third-order valence-electron chi connectivity index (χ3n) is 3.09. The molecule has 0 radical (unpaired) electrons. The number of nitrogens with one attached hydrogen (secondary N) is 1. The van der Waals surface area contributed by atoms with Crippen LogP contribution in [0.3, 0.4) is 0 Å². The van der Waals surface area contributed by atoms with Crippen molar-refractivity contribution in [2.45, 2.75) is 6.54 Å². The molecule has 2 aromatic carbocycles. The molecule has 0 aliphatic rings. The summed E-state index contributed by atoms with van der Waals surface area (Å²) in [5.41, 5.74) is 0.306.